The summed E-state index contributed by atoms with van der Waals surface area (Å²) in [6.45, 7) is 4.09. The molecule has 2 aromatic carbocycles. The van der Waals surface area contributed by atoms with Gasteiger partial charge in [-0.3, -0.25) is 19.3 Å². The Morgan fingerprint density at radius 1 is 1.15 bits per heavy atom. The van der Waals surface area contributed by atoms with Crippen LogP contribution in [0.1, 0.15) is 56.6 Å². The van der Waals surface area contributed by atoms with E-state index in [4.69, 9.17) is 16.3 Å². The maximum Gasteiger partial charge on any atom is 0.233 e. The van der Waals surface area contributed by atoms with Crippen LogP contribution in [0.25, 0.3) is 0 Å². The number of carbonyl (C=O) groups is 3. The van der Waals surface area contributed by atoms with E-state index in [1.165, 1.54) is 4.90 Å². The molecule has 0 N–H and O–H groups in total. The van der Waals surface area contributed by atoms with E-state index in [9.17, 15) is 14.4 Å². The quantitative estimate of drug-likeness (QED) is 0.516. The number of carbonyl (C=O) groups excluding carboxylic acids is 3. The van der Waals surface area contributed by atoms with Crippen molar-refractivity contribution in [1.29, 1.82) is 0 Å². The highest BCUT2D eigenvalue weighted by Crippen LogP contribution is 2.31. The van der Waals surface area contributed by atoms with Crippen molar-refractivity contribution in [3.05, 3.63) is 64.7 Å². The second-order valence-electron chi connectivity index (χ2n) is 9.19. The molecule has 1 fully saturated rings. The van der Waals surface area contributed by atoms with Gasteiger partial charge in [0, 0.05) is 23.8 Å². The third-order valence-corrected chi connectivity index (χ3v) is 6.41. The van der Waals surface area contributed by atoms with Crippen LogP contribution in [-0.4, -0.2) is 36.2 Å². The van der Waals surface area contributed by atoms with Gasteiger partial charge in [-0.1, -0.05) is 55.8 Å². The standard InChI is InChI=1S/C27H32ClNO4/c1-18(2)13-21(19-7-5-4-6-8-19)16-26(31)29-17-24(30)11-9-20(27(29)32)14-22-15-23(28)10-12-25(22)33-3/h4-8,10,12,15,18,20-21H,9,11,13-14,16-17H2,1-3H3. The first kappa shape index (κ1) is 25.0. The summed E-state index contributed by atoms with van der Waals surface area (Å²) < 4.78 is 5.42. The minimum Gasteiger partial charge on any atom is -0.496 e. The summed E-state index contributed by atoms with van der Waals surface area (Å²) >= 11 is 6.16. The van der Waals surface area contributed by atoms with E-state index in [0.29, 0.717) is 29.5 Å². The Bertz CT molecular complexity index is 989. The number of nitrogens with zero attached hydrogens (tertiary/aromatic N) is 1. The Kier molecular flexibility index (Phi) is 8.67. The maximum atomic E-state index is 13.4. The van der Waals surface area contributed by atoms with Crippen molar-refractivity contribution in [2.75, 3.05) is 13.7 Å². The molecule has 33 heavy (non-hydrogen) atoms. The number of hydrogen-bond donors (Lipinski definition) is 0. The highest BCUT2D eigenvalue weighted by molar-refractivity contribution is 6.30. The molecule has 3 rings (SSSR count). The summed E-state index contributed by atoms with van der Waals surface area (Å²) in [5.41, 5.74) is 1.88. The largest absolute Gasteiger partial charge is 0.496 e. The van der Waals surface area contributed by atoms with Gasteiger partial charge in [0.15, 0.2) is 5.78 Å². The summed E-state index contributed by atoms with van der Waals surface area (Å²) in [4.78, 5) is 40.4. The van der Waals surface area contributed by atoms with Crippen molar-refractivity contribution < 1.29 is 19.1 Å². The van der Waals surface area contributed by atoms with Gasteiger partial charge >= 0.3 is 0 Å². The Morgan fingerprint density at radius 2 is 1.88 bits per heavy atom. The lowest BCUT2D eigenvalue weighted by Gasteiger charge is -2.26. The molecule has 2 aromatic rings. The van der Waals surface area contributed by atoms with Gasteiger partial charge in [-0.25, -0.2) is 0 Å². The van der Waals surface area contributed by atoms with Gasteiger partial charge in [-0.15, -0.1) is 0 Å². The fourth-order valence-corrected chi connectivity index (χ4v) is 4.73. The number of halogens is 1. The number of rotatable bonds is 8. The molecule has 0 aliphatic carbocycles. The maximum absolute atomic E-state index is 13.4. The van der Waals surface area contributed by atoms with E-state index < -0.39 is 5.92 Å². The third kappa shape index (κ3) is 6.67. The van der Waals surface area contributed by atoms with Crippen molar-refractivity contribution in [3.63, 3.8) is 0 Å². The average molecular weight is 470 g/mol. The molecule has 1 aliphatic rings. The predicted molar refractivity (Wildman–Crippen MR) is 129 cm³/mol. The molecular formula is C27H32ClNO4. The lowest BCUT2D eigenvalue weighted by molar-refractivity contribution is -0.148. The van der Waals surface area contributed by atoms with E-state index in [1.807, 2.05) is 30.3 Å². The first-order valence-corrected chi connectivity index (χ1v) is 11.9. The average Bonchev–Trinajstić information content (AvgIpc) is 2.92. The van der Waals surface area contributed by atoms with Crippen LogP contribution >= 0.6 is 11.6 Å². The highest BCUT2D eigenvalue weighted by atomic mass is 35.5. The Labute approximate surface area is 201 Å². The second-order valence-corrected chi connectivity index (χ2v) is 9.63. The first-order chi connectivity index (χ1) is 15.8. The van der Waals surface area contributed by atoms with Gasteiger partial charge in [0.2, 0.25) is 11.8 Å². The lowest BCUT2D eigenvalue weighted by atomic mass is 9.87. The Morgan fingerprint density at radius 3 is 2.55 bits per heavy atom. The number of ether oxygens (including phenoxy) is 1. The van der Waals surface area contributed by atoms with Crippen LogP contribution in [-0.2, 0) is 20.8 Å². The number of methoxy groups -OCH3 is 1. The zero-order valence-corrected chi connectivity index (χ0v) is 20.3. The third-order valence-electron chi connectivity index (χ3n) is 6.18. The van der Waals surface area contributed by atoms with Gasteiger partial charge in [-0.05, 0) is 60.4 Å². The van der Waals surface area contributed by atoms with Gasteiger partial charge < -0.3 is 4.74 Å². The van der Waals surface area contributed by atoms with Crippen LogP contribution in [0.2, 0.25) is 5.02 Å². The molecule has 6 heteroatoms. The SMILES string of the molecule is COc1ccc(Cl)cc1CC1CCC(=O)CN(C(=O)CC(CC(C)C)c2ccccc2)C1=O. The number of amides is 2. The number of Topliss-reactive ketones (excluding diaryl/α,β-unsaturated/α-hetero) is 1. The first-order valence-electron chi connectivity index (χ1n) is 11.5. The molecule has 5 nitrogen and oxygen atoms in total. The van der Waals surface area contributed by atoms with E-state index in [-0.39, 0.29) is 42.9 Å². The van der Waals surface area contributed by atoms with E-state index in [1.54, 1.807) is 25.3 Å². The minimum atomic E-state index is -0.479. The molecule has 2 unspecified atom stereocenters. The number of hydrogen-bond acceptors (Lipinski definition) is 4. The fourth-order valence-electron chi connectivity index (χ4n) is 4.54. The summed E-state index contributed by atoms with van der Waals surface area (Å²) in [5.74, 6) is -0.104. The van der Waals surface area contributed by atoms with Crippen LogP contribution in [0.15, 0.2) is 48.5 Å². The summed E-state index contributed by atoms with van der Waals surface area (Å²) in [6, 6.07) is 15.2. The summed E-state index contributed by atoms with van der Waals surface area (Å²) in [5, 5.41) is 0.551. The van der Waals surface area contributed by atoms with Crippen LogP contribution in [0.4, 0.5) is 0 Å². The van der Waals surface area contributed by atoms with Gasteiger partial charge in [0.1, 0.15) is 5.75 Å². The Hall–Kier alpha value is -2.66. The van der Waals surface area contributed by atoms with Crippen molar-refractivity contribution in [3.8, 4) is 5.75 Å². The summed E-state index contributed by atoms with van der Waals surface area (Å²) in [7, 11) is 1.57. The molecule has 0 bridgehead atoms. The number of ketones is 1. The zero-order chi connectivity index (χ0) is 24.0. The molecule has 1 saturated heterocycles. The van der Waals surface area contributed by atoms with Crippen molar-refractivity contribution in [2.45, 2.75) is 51.9 Å². The van der Waals surface area contributed by atoms with Crippen LogP contribution in [0, 0.1) is 11.8 Å². The molecule has 2 atom stereocenters. The molecule has 0 spiro atoms. The predicted octanol–water partition coefficient (Wildman–Crippen LogP) is 5.45. The van der Waals surface area contributed by atoms with Crippen molar-refractivity contribution >= 4 is 29.2 Å². The monoisotopic (exact) mass is 469 g/mol. The normalized spacial score (nSPS) is 17.7. The second kappa shape index (κ2) is 11.5. The smallest absolute Gasteiger partial charge is 0.233 e. The van der Waals surface area contributed by atoms with Crippen LogP contribution in [0.5, 0.6) is 5.75 Å². The summed E-state index contributed by atoms with van der Waals surface area (Å²) in [6.07, 6.45) is 2.08. The van der Waals surface area contributed by atoms with Gasteiger partial charge in [0.25, 0.3) is 0 Å². The van der Waals surface area contributed by atoms with Gasteiger partial charge in [-0.2, -0.15) is 0 Å². The number of imide groups is 1. The molecule has 1 aliphatic heterocycles. The van der Waals surface area contributed by atoms with Crippen LogP contribution in [0.3, 0.4) is 0 Å². The van der Waals surface area contributed by atoms with E-state index in [2.05, 4.69) is 13.8 Å². The highest BCUT2D eigenvalue weighted by Gasteiger charge is 2.35. The molecule has 176 valence electrons. The topological polar surface area (TPSA) is 63.7 Å². The van der Waals surface area contributed by atoms with Crippen molar-refractivity contribution in [2.24, 2.45) is 11.8 Å². The van der Waals surface area contributed by atoms with Crippen molar-refractivity contribution in [1.82, 2.24) is 4.90 Å². The zero-order valence-electron chi connectivity index (χ0n) is 19.6. The van der Waals surface area contributed by atoms with E-state index in [0.717, 1.165) is 17.5 Å². The molecule has 0 aromatic heterocycles. The lowest BCUT2D eigenvalue weighted by Crippen LogP contribution is -2.42. The Balaban J connectivity index is 1.81. The molecule has 1 heterocycles. The van der Waals surface area contributed by atoms with E-state index >= 15 is 0 Å². The minimum absolute atomic E-state index is 0.00340. The van der Waals surface area contributed by atoms with Gasteiger partial charge in [0.05, 0.1) is 13.7 Å². The molecular weight excluding hydrogens is 438 g/mol. The number of benzene rings is 2. The fraction of sp³-hybridized carbons (Fsp3) is 0.444. The molecule has 0 radical (unpaired) electrons. The molecule has 0 saturated carbocycles. The number of likely N-dealkylation sites (tertiary alicyclic amines) is 1. The van der Waals surface area contributed by atoms with Crippen LogP contribution < -0.4 is 4.74 Å². The molecule has 2 amide bonds.